The van der Waals surface area contributed by atoms with E-state index in [0.29, 0.717) is 5.56 Å². The Labute approximate surface area is 79.1 Å². The summed E-state index contributed by atoms with van der Waals surface area (Å²) in [6.07, 6.45) is 1.73. The minimum absolute atomic E-state index is 0.163. The van der Waals surface area contributed by atoms with Crippen molar-refractivity contribution in [3.05, 3.63) is 41.7 Å². The molecule has 0 aliphatic carbocycles. The lowest BCUT2D eigenvalue weighted by molar-refractivity contribution is 0.622. The van der Waals surface area contributed by atoms with Crippen LogP contribution in [0, 0.1) is 5.82 Å². The van der Waals surface area contributed by atoms with E-state index >= 15 is 0 Å². The van der Waals surface area contributed by atoms with E-state index in [4.69, 9.17) is 0 Å². The first-order chi connectivity index (χ1) is 6.19. The van der Waals surface area contributed by atoms with Crippen LogP contribution in [0.15, 0.2) is 24.8 Å². The van der Waals surface area contributed by atoms with Crippen LogP contribution < -0.4 is 0 Å². The topological polar surface area (TPSA) is 0 Å². The van der Waals surface area contributed by atoms with Gasteiger partial charge in [0.15, 0.2) is 0 Å². The number of hydrogen-bond acceptors (Lipinski definition) is 0. The van der Waals surface area contributed by atoms with Gasteiger partial charge in [0.25, 0.3) is 0 Å². The fourth-order valence-corrected chi connectivity index (χ4v) is 1.25. The predicted molar refractivity (Wildman–Crippen MR) is 55.1 cm³/mol. The number of halogens is 1. The summed E-state index contributed by atoms with van der Waals surface area (Å²) < 4.78 is 13.3. The summed E-state index contributed by atoms with van der Waals surface area (Å²) in [7, 11) is 0. The van der Waals surface area contributed by atoms with Crippen LogP contribution >= 0.6 is 0 Å². The van der Waals surface area contributed by atoms with E-state index in [9.17, 15) is 4.39 Å². The van der Waals surface area contributed by atoms with Crippen molar-refractivity contribution in [1.29, 1.82) is 0 Å². The van der Waals surface area contributed by atoms with Gasteiger partial charge in [-0.25, -0.2) is 4.39 Å². The number of allylic oxidation sites excluding steroid dienone is 1. The molecule has 0 aliphatic rings. The standard InChI is InChI=1S/C12H15F/c1-4-9(3)11-8-10(5-2)6-7-12(11)13/h6-8H,3-5H2,1-2H3. The van der Waals surface area contributed by atoms with Gasteiger partial charge in [-0.1, -0.05) is 26.5 Å². The number of aryl methyl sites for hydroxylation is 1. The molecule has 0 heterocycles. The monoisotopic (exact) mass is 178 g/mol. The van der Waals surface area contributed by atoms with E-state index in [1.54, 1.807) is 0 Å². The molecule has 13 heavy (non-hydrogen) atoms. The molecule has 0 aliphatic heterocycles. The van der Waals surface area contributed by atoms with Gasteiger partial charge in [0.2, 0.25) is 0 Å². The second-order valence-electron chi connectivity index (χ2n) is 3.12. The van der Waals surface area contributed by atoms with Crippen molar-refractivity contribution < 1.29 is 4.39 Å². The second kappa shape index (κ2) is 4.22. The van der Waals surface area contributed by atoms with Gasteiger partial charge in [0.05, 0.1) is 0 Å². The fraction of sp³-hybridized carbons (Fsp3) is 0.333. The summed E-state index contributed by atoms with van der Waals surface area (Å²) in [6, 6.07) is 5.23. The van der Waals surface area contributed by atoms with E-state index in [-0.39, 0.29) is 5.82 Å². The highest BCUT2D eigenvalue weighted by Crippen LogP contribution is 2.20. The van der Waals surface area contributed by atoms with Crippen molar-refractivity contribution in [2.45, 2.75) is 26.7 Å². The van der Waals surface area contributed by atoms with Gasteiger partial charge in [0.1, 0.15) is 5.82 Å². The first-order valence-corrected chi connectivity index (χ1v) is 4.65. The molecule has 0 saturated carbocycles. The van der Waals surface area contributed by atoms with Gasteiger partial charge in [-0.3, -0.25) is 0 Å². The van der Waals surface area contributed by atoms with Crippen LogP contribution in [0.5, 0.6) is 0 Å². The molecule has 0 amide bonds. The van der Waals surface area contributed by atoms with Crippen molar-refractivity contribution in [3.8, 4) is 0 Å². The molecule has 0 N–H and O–H groups in total. The zero-order valence-electron chi connectivity index (χ0n) is 8.23. The molecule has 1 aromatic carbocycles. The highest BCUT2D eigenvalue weighted by atomic mass is 19.1. The third-order valence-corrected chi connectivity index (χ3v) is 2.25. The van der Waals surface area contributed by atoms with Crippen molar-refractivity contribution in [2.24, 2.45) is 0 Å². The maximum Gasteiger partial charge on any atom is 0.130 e. The minimum Gasteiger partial charge on any atom is -0.206 e. The first kappa shape index (κ1) is 9.97. The second-order valence-corrected chi connectivity index (χ2v) is 3.12. The van der Waals surface area contributed by atoms with Crippen LogP contribution in [-0.2, 0) is 6.42 Å². The van der Waals surface area contributed by atoms with E-state index in [2.05, 4.69) is 13.5 Å². The molecular weight excluding hydrogens is 163 g/mol. The largest absolute Gasteiger partial charge is 0.206 e. The lowest BCUT2D eigenvalue weighted by Crippen LogP contribution is -1.90. The molecule has 0 unspecified atom stereocenters. The van der Waals surface area contributed by atoms with E-state index in [0.717, 1.165) is 24.0 Å². The van der Waals surface area contributed by atoms with Crippen LogP contribution in [0.2, 0.25) is 0 Å². The van der Waals surface area contributed by atoms with Crippen LogP contribution in [-0.4, -0.2) is 0 Å². The number of benzene rings is 1. The summed E-state index contributed by atoms with van der Waals surface area (Å²) >= 11 is 0. The summed E-state index contributed by atoms with van der Waals surface area (Å²) in [5, 5.41) is 0. The molecule has 0 nitrogen and oxygen atoms in total. The van der Waals surface area contributed by atoms with Crippen LogP contribution in [0.1, 0.15) is 31.4 Å². The molecule has 1 aromatic rings. The van der Waals surface area contributed by atoms with Gasteiger partial charge >= 0.3 is 0 Å². The molecule has 1 heteroatoms. The first-order valence-electron chi connectivity index (χ1n) is 4.65. The molecular formula is C12H15F. The van der Waals surface area contributed by atoms with Gasteiger partial charge in [-0.05, 0) is 36.1 Å². The SMILES string of the molecule is C=C(CC)c1cc(CC)ccc1F. The highest BCUT2D eigenvalue weighted by molar-refractivity contribution is 5.64. The van der Waals surface area contributed by atoms with Crippen LogP contribution in [0.3, 0.4) is 0 Å². The predicted octanol–water partition coefficient (Wildman–Crippen LogP) is 3.81. The summed E-state index contributed by atoms with van der Waals surface area (Å²) in [5.74, 6) is -0.163. The highest BCUT2D eigenvalue weighted by Gasteiger charge is 2.04. The molecule has 0 aromatic heterocycles. The fourth-order valence-electron chi connectivity index (χ4n) is 1.25. The van der Waals surface area contributed by atoms with Crippen LogP contribution in [0.25, 0.3) is 5.57 Å². The third kappa shape index (κ3) is 2.18. The Hall–Kier alpha value is -1.11. The minimum atomic E-state index is -0.163. The van der Waals surface area contributed by atoms with Gasteiger partial charge in [-0.2, -0.15) is 0 Å². The van der Waals surface area contributed by atoms with E-state index in [1.807, 2.05) is 19.1 Å². The summed E-state index contributed by atoms with van der Waals surface area (Å²) in [5.41, 5.74) is 2.70. The van der Waals surface area contributed by atoms with Crippen molar-refractivity contribution in [1.82, 2.24) is 0 Å². The average molecular weight is 178 g/mol. The smallest absolute Gasteiger partial charge is 0.130 e. The van der Waals surface area contributed by atoms with Crippen LogP contribution in [0.4, 0.5) is 4.39 Å². The zero-order chi connectivity index (χ0) is 9.84. The molecule has 1 rings (SSSR count). The molecule has 70 valence electrons. The molecule has 0 spiro atoms. The molecule has 0 fully saturated rings. The van der Waals surface area contributed by atoms with Gasteiger partial charge < -0.3 is 0 Å². The van der Waals surface area contributed by atoms with Crippen molar-refractivity contribution in [2.75, 3.05) is 0 Å². The normalized spacial score (nSPS) is 10.1. The Balaban J connectivity index is 3.11. The Bertz CT molecular complexity index is 313. The van der Waals surface area contributed by atoms with Gasteiger partial charge in [-0.15, -0.1) is 0 Å². The van der Waals surface area contributed by atoms with Gasteiger partial charge in [0, 0.05) is 5.56 Å². The van der Waals surface area contributed by atoms with E-state index < -0.39 is 0 Å². The third-order valence-electron chi connectivity index (χ3n) is 2.25. The molecule has 0 saturated heterocycles. The maximum atomic E-state index is 13.3. The quantitative estimate of drug-likeness (QED) is 0.660. The Morgan fingerprint density at radius 2 is 2.08 bits per heavy atom. The summed E-state index contributed by atoms with van der Waals surface area (Å²) in [6.45, 7) is 7.89. The van der Waals surface area contributed by atoms with Crippen molar-refractivity contribution >= 4 is 5.57 Å². The molecule has 0 atom stereocenters. The Kier molecular flexibility index (Phi) is 3.24. The average Bonchev–Trinajstić information content (AvgIpc) is 2.17. The Morgan fingerprint density at radius 3 is 2.62 bits per heavy atom. The zero-order valence-corrected chi connectivity index (χ0v) is 8.23. The Morgan fingerprint density at radius 1 is 1.38 bits per heavy atom. The molecule has 0 bridgehead atoms. The maximum absolute atomic E-state index is 13.3. The number of rotatable bonds is 3. The number of hydrogen-bond donors (Lipinski definition) is 0. The lowest BCUT2D eigenvalue weighted by atomic mass is 10.0. The lowest BCUT2D eigenvalue weighted by Gasteiger charge is -2.06. The summed E-state index contributed by atoms with van der Waals surface area (Å²) in [4.78, 5) is 0. The molecule has 0 radical (unpaired) electrons. The van der Waals surface area contributed by atoms with Crippen molar-refractivity contribution in [3.63, 3.8) is 0 Å². The van der Waals surface area contributed by atoms with E-state index in [1.165, 1.54) is 6.07 Å².